The highest BCUT2D eigenvalue weighted by Gasteiger charge is 2.39. The Hall–Kier alpha value is -1.00. The molecule has 1 aromatic rings. The SMILES string of the molecule is COC1(c2ncc3c(n2)CCCC3N)CCC(C)CC1. The summed E-state index contributed by atoms with van der Waals surface area (Å²) in [6.07, 6.45) is 9.56. The Morgan fingerprint density at radius 2 is 2.05 bits per heavy atom. The quantitative estimate of drug-likeness (QED) is 0.901. The molecule has 0 aromatic carbocycles. The molecular formula is C16H25N3O. The Labute approximate surface area is 121 Å². The average molecular weight is 275 g/mol. The van der Waals surface area contributed by atoms with Crippen molar-refractivity contribution in [3.8, 4) is 0 Å². The van der Waals surface area contributed by atoms with E-state index in [2.05, 4.69) is 11.9 Å². The van der Waals surface area contributed by atoms with Crippen molar-refractivity contribution in [1.82, 2.24) is 9.97 Å². The van der Waals surface area contributed by atoms with E-state index in [4.69, 9.17) is 15.5 Å². The van der Waals surface area contributed by atoms with Crippen LogP contribution in [0.4, 0.5) is 0 Å². The van der Waals surface area contributed by atoms with E-state index in [1.165, 1.54) is 12.8 Å². The van der Waals surface area contributed by atoms with Gasteiger partial charge in [-0.15, -0.1) is 0 Å². The summed E-state index contributed by atoms with van der Waals surface area (Å²) in [5.41, 5.74) is 8.15. The van der Waals surface area contributed by atoms with Gasteiger partial charge in [-0.25, -0.2) is 9.97 Å². The van der Waals surface area contributed by atoms with Crippen LogP contribution in [0.15, 0.2) is 6.20 Å². The third-order valence-electron chi connectivity index (χ3n) is 5.11. The molecule has 0 amide bonds. The van der Waals surface area contributed by atoms with Gasteiger partial charge >= 0.3 is 0 Å². The summed E-state index contributed by atoms with van der Waals surface area (Å²) in [6, 6.07) is 0.109. The normalized spacial score (nSPS) is 33.8. The first-order valence-corrected chi connectivity index (χ1v) is 7.81. The van der Waals surface area contributed by atoms with Crippen LogP contribution in [-0.4, -0.2) is 17.1 Å². The molecule has 3 rings (SSSR count). The molecule has 4 nitrogen and oxygen atoms in total. The Balaban J connectivity index is 1.93. The van der Waals surface area contributed by atoms with Gasteiger partial charge in [-0.2, -0.15) is 0 Å². The second-order valence-corrected chi connectivity index (χ2v) is 6.48. The van der Waals surface area contributed by atoms with Crippen LogP contribution in [0.3, 0.4) is 0 Å². The molecule has 0 radical (unpaired) electrons. The molecule has 20 heavy (non-hydrogen) atoms. The van der Waals surface area contributed by atoms with Crippen molar-refractivity contribution >= 4 is 0 Å². The van der Waals surface area contributed by atoms with Crippen LogP contribution in [0, 0.1) is 5.92 Å². The molecule has 1 aromatic heterocycles. The molecule has 1 heterocycles. The summed E-state index contributed by atoms with van der Waals surface area (Å²) in [5.74, 6) is 1.66. The van der Waals surface area contributed by atoms with Gasteiger partial charge in [0, 0.05) is 30.6 Å². The third-order valence-corrected chi connectivity index (χ3v) is 5.11. The lowest BCUT2D eigenvalue weighted by Gasteiger charge is -2.37. The number of methoxy groups -OCH3 is 1. The second-order valence-electron chi connectivity index (χ2n) is 6.48. The van der Waals surface area contributed by atoms with Gasteiger partial charge in [-0.05, 0) is 50.9 Å². The molecule has 1 saturated carbocycles. The molecule has 0 aliphatic heterocycles. The maximum absolute atomic E-state index is 6.15. The number of aryl methyl sites for hydroxylation is 1. The minimum atomic E-state index is -0.275. The number of fused-ring (bicyclic) bond motifs is 1. The Morgan fingerprint density at radius 3 is 2.75 bits per heavy atom. The number of hydrogen-bond acceptors (Lipinski definition) is 4. The van der Waals surface area contributed by atoms with Crippen LogP contribution < -0.4 is 5.73 Å². The third kappa shape index (κ3) is 2.35. The van der Waals surface area contributed by atoms with E-state index in [1.807, 2.05) is 6.20 Å². The molecule has 1 unspecified atom stereocenters. The van der Waals surface area contributed by atoms with Crippen LogP contribution in [0.25, 0.3) is 0 Å². The smallest absolute Gasteiger partial charge is 0.160 e. The van der Waals surface area contributed by atoms with Gasteiger partial charge in [0.05, 0.1) is 0 Å². The number of nitrogens with zero attached hydrogens (tertiary/aromatic N) is 2. The van der Waals surface area contributed by atoms with Crippen LogP contribution in [0.5, 0.6) is 0 Å². The minimum absolute atomic E-state index is 0.109. The molecule has 2 aliphatic rings. The Kier molecular flexibility index (Phi) is 3.78. The number of hydrogen-bond donors (Lipinski definition) is 1. The molecule has 0 saturated heterocycles. The summed E-state index contributed by atoms with van der Waals surface area (Å²) in [5, 5.41) is 0. The van der Waals surface area contributed by atoms with Gasteiger partial charge in [0.2, 0.25) is 0 Å². The van der Waals surface area contributed by atoms with Gasteiger partial charge < -0.3 is 10.5 Å². The highest BCUT2D eigenvalue weighted by Crippen LogP contribution is 2.41. The first-order valence-electron chi connectivity index (χ1n) is 7.81. The minimum Gasteiger partial charge on any atom is -0.370 e. The van der Waals surface area contributed by atoms with Gasteiger partial charge in [-0.3, -0.25) is 0 Å². The van der Waals surface area contributed by atoms with E-state index in [9.17, 15) is 0 Å². The molecule has 0 bridgehead atoms. The van der Waals surface area contributed by atoms with E-state index in [0.717, 1.165) is 55.1 Å². The predicted molar refractivity (Wildman–Crippen MR) is 78.2 cm³/mol. The largest absolute Gasteiger partial charge is 0.370 e. The zero-order valence-electron chi connectivity index (χ0n) is 12.6. The lowest BCUT2D eigenvalue weighted by molar-refractivity contribution is -0.0599. The highest BCUT2D eigenvalue weighted by atomic mass is 16.5. The number of rotatable bonds is 2. The second kappa shape index (κ2) is 5.41. The van der Waals surface area contributed by atoms with E-state index in [-0.39, 0.29) is 11.6 Å². The lowest BCUT2D eigenvalue weighted by atomic mass is 9.78. The average Bonchev–Trinajstić information content (AvgIpc) is 2.48. The fraction of sp³-hybridized carbons (Fsp3) is 0.750. The number of aromatic nitrogens is 2. The first-order chi connectivity index (χ1) is 9.64. The van der Waals surface area contributed by atoms with E-state index in [1.54, 1.807) is 7.11 Å². The number of nitrogens with two attached hydrogens (primary N) is 1. The fourth-order valence-corrected chi connectivity index (χ4v) is 3.55. The molecule has 2 aliphatic carbocycles. The summed E-state index contributed by atoms with van der Waals surface area (Å²) in [4.78, 5) is 9.46. The molecular weight excluding hydrogens is 250 g/mol. The molecule has 1 fully saturated rings. The van der Waals surface area contributed by atoms with Gasteiger partial charge in [0.15, 0.2) is 5.82 Å². The Bertz CT molecular complexity index is 481. The molecule has 110 valence electrons. The van der Waals surface area contributed by atoms with Crippen molar-refractivity contribution in [2.24, 2.45) is 11.7 Å². The molecule has 4 heteroatoms. The standard InChI is InChI=1S/C16H25N3O/c1-11-6-8-16(20-2,9-7-11)15-18-10-12-13(17)4-3-5-14(12)19-15/h10-11,13H,3-9,17H2,1-2H3. The van der Waals surface area contributed by atoms with Crippen LogP contribution >= 0.6 is 0 Å². The summed E-state index contributed by atoms with van der Waals surface area (Å²) in [7, 11) is 1.80. The number of ether oxygens (including phenoxy) is 1. The van der Waals surface area contributed by atoms with Crippen LogP contribution in [0.2, 0.25) is 0 Å². The zero-order valence-corrected chi connectivity index (χ0v) is 12.6. The zero-order chi connectivity index (χ0) is 14.2. The van der Waals surface area contributed by atoms with Gasteiger partial charge in [0.25, 0.3) is 0 Å². The summed E-state index contributed by atoms with van der Waals surface area (Å²) in [6.45, 7) is 2.31. The first kappa shape index (κ1) is 14.0. The van der Waals surface area contributed by atoms with Gasteiger partial charge in [0.1, 0.15) is 5.60 Å². The maximum Gasteiger partial charge on any atom is 0.160 e. The molecule has 0 spiro atoms. The van der Waals surface area contributed by atoms with Gasteiger partial charge in [-0.1, -0.05) is 6.92 Å². The van der Waals surface area contributed by atoms with Crippen molar-refractivity contribution in [1.29, 1.82) is 0 Å². The fourth-order valence-electron chi connectivity index (χ4n) is 3.55. The van der Waals surface area contributed by atoms with Crippen molar-refractivity contribution in [3.63, 3.8) is 0 Å². The summed E-state index contributed by atoms with van der Waals surface area (Å²) < 4.78 is 5.87. The van der Waals surface area contributed by atoms with Crippen molar-refractivity contribution in [2.75, 3.05) is 7.11 Å². The topological polar surface area (TPSA) is 61.0 Å². The summed E-state index contributed by atoms with van der Waals surface area (Å²) >= 11 is 0. The van der Waals surface area contributed by atoms with E-state index in [0.29, 0.717) is 0 Å². The lowest BCUT2D eigenvalue weighted by Crippen LogP contribution is -2.36. The predicted octanol–water partition coefficient (Wildman–Crippen LogP) is 2.86. The monoisotopic (exact) mass is 275 g/mol. The van der Waals surface area contributed by atoms with E-state index < -0.39 is 0 Å². The highest BCUT2D eigenvalue weighted by molar-refractivity contribution is 5.25. The van der Waals surface area contributed by atoms with Crippen molar-refractivity contribution in [3.05, 3.63) is 23.3 Å². The molecule has 2 N–H and O–H groups in total. The molecule has 1 atom stereocenters. The Morgan fingerprint density at radius 1 is 1.30 bits per heavy atom. The van der Waals surface area contributed by atoms with Crippen molar-refractivity contribution < 1.29 is 4.74 Å². The van der Waals surface area contributed by atoms with Crippen molar-refractivity contribution in [2.45, 2.75) is 63.5 Å². The maximum atomic E-state index is 6.15. The van der Waals surface area contributed by atoms with Crippen LogP contribution in [0.1, 0.15) is 68.6 Å². The van der Waals surface area contributed by atoms with Crippen LogP contribution in [-0.2, 0) is 16.8 Å². The van der Waals surface area contributed by atoms with E-state index >= 15 is 0 Å².